The van der Waals surface area contributed by atoms with Crippen molar-refractivity contribution in [3.63, 3.8) is 0 Å². The first-order valence-corrected chi connectivity index (χ1v) is 7.14. The average Bonchev–Trinajstić information content (AvgIpc) is 2.24. The summed E-state index contributed by atoms with van der Waals surface area (Å²) < 4.78 is 5.74. The number of carbonyl (C=O) groups is 1. The molecule has 0 fully saturated rings. The molecule has 0 atom stereocenters. The van der Waals surface area contributed by atoms with Gasteiger partial charge in [-0.2, -0.15) is 0 Å². The Morgan fingerprint density at radius 3 is 1.78 bits per heavy atom. The van der Waals surface area contributed by atoms with Gasteiger partial charge in [0.1, 0.15) is 0 Å². The number of ether oxygens (including phenoxy) is 1. The summed E-state index contributed by atoms with van der Waals surface area (Å²) in [6.45, 7) is 1.74. The fourth-order valence-electron chi connectivity index (χ4n) is 1.92. The molecule has 18 heavy (non-hydrogen) atoms. The smallest absolute Gasteiger partial charge is 0.404 e. The second-order valence-electron chi connectivity index (χ2n) is 6.01. The van der Waals surface area contributed by atoms with Crippen LogP contribution in [0.1, 0.15) is 51.4 Å². The summed E-state index contributed by atoms with van der Waals surface area (Å²) in [5.74, 6) is 0. The van der Waals surface area contributed by atoms with E-state index in [4.69, 9.17) is 5.73 Å². The van der Waals surface area contributed by atoms with Gasteiger partial charge < -0.3 is 15.0 Å². The Labute approximate surface area is 112 Å². The standard InChI is InChI=1S/C14H30N2O2/c1-16(2,3)12-10-8-6-4-5-7-9-11-13-18-14(15)17/h4-13H2,1-3H3,(H-,15,17)/p+1. The van der Waals surface area contributed by atoms with Gasteiger partial charge in [0, 0.05) is 0 Å². The number of amides is 1. The summed E-state index contributed by atoms with van der Waals surface area (Å²) in [5, 5.41) is 0. The van der Waals surface area contributed by atoms with E-state index in [9.17, 15) is 4.79 Å². The number of primary amides is 1. The minimum absolute atomic E-state index is 0.471. The van der Waals surface area contributed by atoms with Crippen molar-refractivity contribution in [2.24, 2.45) is 5.73 Å². The summed E-state index contributed by atoms with van der Waals surface area (Å²) >= 11 is 0. The van der Waals surface area contributed by atoms with E-state index in [0.29, 0.717) is 6.61 Å². The number of hydrogen-bond donors (Lipinski definition) is 1. The lowest BCUT2D eigenvalue weighted by Gasteiger charge is -2.23. The molecular weight excluding hydrogens is 228 g/mol. The van der Waals surface area contributed by atoms with Crippen molar-refractivity contribution in [3.05, 3.63) is 0 Å². The number of hydrogen-bond acceptors (Lipinski definition) is 2. The summed E-state index contributed by atoms with van der Waals surface area (Å²) in [6.07, 6.45) is 9.28. The predicted octanol–water partition coefficient (Wildman–Crippen LogP) is 2.91. The van der Waals surface area contributed by atoms with Crippen molar-refractivity contribution in [2.75, 3.05) is 34.3 Å². The first kappa shape index (κ1) is 17.2. The highest BCUT2D eigenvalue weighted by Crippen LogP contribution is 2.09. The van der Waals surface area contributed by atoms with Gasteiger partial charge in [-0.3, -0.25) is 0 Å². The molecule has 108 valence electrons. The van der Waals surface area contributed by atoms with E-state index in [1.807, 2.05) is 0 Å². The van der Waals surface area contributed by atoms with Gasteiger partial charge >= 0.3 is 6.09 Å². The van der Waals surface area contributed by atoms with Crippen molar-refractivity contribution in [1.29, 1.82) is 0 Å². The quantitative estimate of drug-likeness (QED) is 0.458. The van der Waals surface area contributed by atoms with E-state index >= 15 is 0 Å². The maximum atomic E-state index is 10.3. The Balaban J connectivity index is 3.06. The van der Waals surface area contributed by atoms with Gasteiger partial charge in [-0.25, -0.2) is 4.79 Å². The maximum absolute atomic E-state index is 10.3. The molecule has 0 aliphatic rings. The molecule has 0 aromatic rings. The first-order chi connectivity index (χ1) is 8.42. The maximum Gasteiger partial charge on any atom is 0.404 e. The topological polar surface area (TPSA) is 52.3 Å². The van der Waals surface area contributed by atoms with Crippen molar-refractivity contribution >= 4 is 6.09 Å². The molecule has 0 aromatic carbocycles. The zero-order valence-electron chi connectivity index (χ0n) is 12.4. The first-order valence-electron chi connectivity index (χ1n) is 7.14. The highest BCUT2D eigenvalue weighted by Gasteiger charge is 2.04. The predicted molar refractivity (Wildman–Crippen MR) is 75.4 cm³/mol. The molecule has 1 amide bonds. The van der Waals surface area contributed by atoms with E-state index in [1.54, 1.807) is 0 Å². The Morgan fingerprint density at radius 2 is 1.33 bits per heavy atom. The molecule has 0 spiro atoms. The molecule has 4 nitrogen and oxygen atoms in total. The second kappa shape index (κ2) is 10.2. The van der Waals surface area contributed by atoms with Gasteiger partial charge in [-0.05, 0) is 19.3 Å². The number of nitrogens with two attached hydrogens (primary N) is 1. The van der Waals surface area contributed by atoms with E-state index in [-0.39, 0.29) is 0 Å². The summed E-state index contributed by atoms with van der Waals surface area (Å²) in [7, 11) is 6.73. The normalized spacial score (nSPS) is 11.5. The fourth-order valence-corrected chi connectivity index (χ4v) is 1.92. The number of unbranched alkanes of at least 4 members (excludes halogenated alkanes) is 7. The van der Waals surface area contributed by atoms with Crippen LogP contribution in [0.3, 0.4) is 0 Å². The molecule has 0 bridgehead atoms. The Hall–Kier alpha value is -0.770. The molecule has 0 radical (unpaired) electrons. The van der Waals surface area contributed by atoms with Crippen LogP contribution in [-0.2, 0) is 4.74 Å². The van der Waals surface area contributed by atoms with Gasteiger partial charge in [0.2, 0.25) is 0 Å². The van der Waals surface area contributed by atoms with Gasteiger partial charge in [0.05, 0.1) is 34.3 Å². The third kappa shape index (κ3) is 15.2. The third-order valence-electron chi connectivity index (χ3n) is 2.97. The van der Waals surface area contributed by atoms with E-state index < -0.39 is 6.09 Å². The third-order valence-corrected chi connectivity index (χ3v) is 2.97. The van der Waals surface area contributed by atoms with Gasteiger partial charge in [0.25, 0.3) is 0 Å². The number of carbonyl (C=O) groups excluding carboxylic acids is 1. The van der Waals surface area contributed by atoms with Crippen LogP contribution in [-0.4, -0.2) is 44.9 Å². The highest BCUT2D eigenvalue weighted by molar-refractivity contribution is 5.64. The zero-order chi connectivity index (χ0) is 13.9. The number of quaternary nitrogens is 1. The zero-order valence-corrected chi connectivity index (χ0v) is 12.4. The molecule has 0 aromatic heterocycles. The summed E-state index contributed by atoms with van der Waals surface area (Å²) in [5.41, 5.74) is 4.87. The van der Waals surface area contributed by atoms with Gasteiger partial charge in [-0.15, -0.1) is 0 Å². The molecule has 0 saturated heterocycles. The van der Waals surface area contributed by atoms with Crippen LogP contribution in [0.15, 0.2) is 0 Å². The molecule has 0 aliphatic carbocycles. The second-order valence-corrected chi connectivity index (χ2v) is 6.01. The van der Waals surface area contributed by atoms with Crippen LogP contribution in [0.25, 0.3) is 0 Å². The highest BCUT2D eigenvalue weighted by atomic mass is 16.5. The average molecular weight is 259 g/mol. The Morgan fingerprint density at radius 1 is 0.889 bits per heavy atom. The molecule has 0 aliphatic heterocycles. The molecule has 4 heteroatoms. The summed E-state index contributed by atoms with van der Waals surface area (Å²) in [4.78, 5) is 10.3. The monoisotopic (exact) mass is 259 g/mol. The van der Waals surface area contributed by atoms with Gasteiger partial charge in [-0.1, -0.05) is 32.1 Å². The molecule has 2 N–H and O–H groups in total. The van der Waals surface area contributed by atoms with Gasteiger partial charge in [0.15, 0.2) is 0 Å². The van der Waals surface area contributed by atoms with E-state index in [2.05, 4.69) is 25.9 Å². The molecule has 0 unspecified atom stereocenters. The van der Waals surface area contributed by atoms with Crippen LogP contribution < -0.4 is 5.73 Å². The van der Waals surface area contributed by atoms with Crippen molar-refractivity contribution in [3.8, 4) is 0 Å². The van der Waals surface area contributed by atoms with E-state index in [0.717, 1.165) is 17.3 Å². The lowest BCUT2D eigenvalue weighted by molar-refractivity contribution is -0.870. The summed E-state index contributed by atoms with van der Waals surface area (Å²) in [6, 6.07) is 0. The lowest BCUT2D eigenvalue weighted by atomic mass is 10.1. The SMILES string of the molecule is C[N+](C)(C)CCCCCCCCCCOC(N)=O. The Bertz CT molecular complexity index is 212. The minimum atomic E-state index is -0.660. The largest absolute Gasteiger partial charge is 0.450 e. The molecule has 0 saturated carbocycles. The fraction of sp³-hybridized carbons (Fsp3) is 0.929. The number of rotatable bonds is 11. The minimum Gasteiger partial charge on any atom is -0.450 e. The molecular formula is C14H31N2O2+. The van der Waals surface area contributed by atoms with Crippen molar-refractivity contribution < 1.29 is 14.0 Å². The van der Waals surface area contributed by atoms with Crippen molar-refractivity contribution in [1.82, 2.24) is 0 Å². The molecule has 0 heterocycles. The van der Waals surface area contributed by atoms with Crippen LogP contribution in [0.5, 0.6) is 0 Å². The molecule has 0 rings (SSSR count). The van der Waals surface area contributed by atoms with Crippen LogP contribution in [0, 0.1) is 0 Å². The van der Waals surface area contributed by atoms with Crippen LogP contribution in [0.4, 0.5) is 4.79 Å². The van der Waals surface area contributed by atoms with Crippen LogP contribution >= 0.6 is 0 Å². The van der Waals surface area contributed by atoms with Crippen LogP contribution in [0.2, 0.25) is 0 Å². The number of nitrogens with zero attached hydrogens (tertiary/aromatic N) is 1. The lowest BCUT2D eigenvalue weighted by Crippen LogP contribution is -2.35. The Kier molecular flexibility index (Phi) is 9.74. The van der Waals surface area contributed by atoms with E-state index in [1.165, 1.54) is 45.1 Å². The van der Waals surface area contributed by atoms with Crippen molar-refractivity contribution in [2.45, 2.75) is 51.4 Å².